The fraction of sp³-hybridized carbons (Fsp3) is 0.941. The van der Waals surface area contributed by atoms with Crippen LogP contribution in [-0.4, -0.2) is 87.7 Å². The first-order valence-electron chi connectivity index (χ1n) is 8.62. The molecule has 0 unspecified atom stereocenters. The van der Waals surface area contributed by atoms with Crippen molar-refractivity contribution in [1.82, 2.24) is 14.7 Å². The number of rotatable bonds is 7. The Morgan fingerprint density at radius 2 is 1.82 bits per heavy atom. The molecule has 0 atom stereocenters. The molecule has 5 nitrogen and oxygen atoms in total. The molecule has 1 amide bonds. The van der Waals surface area contributed by atoms with Gasteiger partial charge in [-0.2, -0.15) is 0 Å². The number of piperidine rings is 1. The normalized spacial score (nSPS) is 22.2. The van der Waals surface area contributed by atoms with Gasteiger partial charge in [-0.3, -0.25) is 4.79 Å². The molecule has 1 heterocycles. The van der Waals surface area contributed by atoms with E-state index in [2.05, 4.69) is 35.8 Å². The summed E-state index contributed by atoms with van der Waals surface area (Å²) in [6.07, 6.45) is 5.36. The zero-order valence-electron chi connectivity index (χ0n) is 14.8. The van der Waals surface area contributed by atoms with Crippen molar-refractivity contribution in [3.63, 3.8) is 0 Å². The van der Waals surface area contributed by atoms with Crippen molar-refractivity contribution in [1.29, 1.82) is 0 Å². The molecule has 2 aliphatic rings. The first-order chi connectivity index (χ1) is 10.5. The van der Waals surface area contributed by atoms with E-state index >= 15 is 0 Å². The lowest BCUT2D eigenvalue weighted by Crippen LogP contribution is -2.54. The number of likely N-dealkylation sites (N-methyl/N-ethyl adjacent to an activating group) is 2. The summed E-state index contributed by atoms with van der Waals surface area (Å²) in [4.78, 5) is 19.6. The zero-order valence-corrected chi connectivity index (χ0v) is 14.8. The predicted octanol–water partition coefficient (Wildman–Crippen LogP) is 1.29. The van der Waals surface area contributed by atoms with Crippen LogP contribution in [0, 0.1) is 5.41 Å². The van der Waals surface area contributed by atoms with E-state index in [1.165, 1.54) is 6.42 Å². The van der Waals surface area contributed by atoms with Crippen LogP contribution in [0.5, 0.6) is 0 Å². The van der Waals surface area contributed by atoms with Crippen LogP contribution in [0.15, 0.2) is 0 Å². The maximum absolute atomic E-state index is 12.8. The molecule has 128 valence electrons. The van der Waals surface area contributed by atoms with Crippen molar-refractivity contribution in [2.24, 2.45) is 5.41 Å². The summed E-state index contributed by atoms with van der Waals surface area (Å²) in [7, 11) is 8.15. The smallest absolute Gasteiger partial charge is 0.231 e. The molecule has 1 saturated heterocycles. The van der Waals surface area contributed by atoms with E-state index in [1.807, 2.05) is 0 Å². The van der Waals surface area contributed by atoms with Crippen LogP contribution < -0.4 is 0 Å². The average molecular weight is 311 g/mol. The number of methoxy groups -OCH3 is 1. The molecule has 0 aromatic heterocycles. The van der Waals surface area contributed by atoms with Crippen LogP contribution in [0.1, 0.15) is 32.1 Å². The van der Waals surface area contributed by atoms with Crippen molar-refractivity contribution < 1.29 is 9.53 Å². The number of carbonyl (C=O) groups is 1. The van der Waals surface area contributed by atoms with Crippen molar-refractivity contribution in [2.75, 3.05) is 61.0 Å². The van der Waals surface area contributed by atoms with E-state index in [-0.39, 0.29) is 5.41 Å². The third kappa shape index (κ3) is 4.00. The van der Waals surface area contributed by atoms with E-state index in [0.29, 0.717) is 18.6 Å². The van der Waals surface area contributed by atoms with Crippen LogP contribution in [0.2, 0.25) is 0 Å². The Labute approximate surface area is 135 Å². The quantitative estimate of drug-likeness (QED) is 0.710. The second-order valence-corrected chi connectivity index (χ2v) is 7.37. The molecule has 0 bridgehead atoms. The summed E-state index contributed by atoms with van der Waals surface area (Å²) in [5.74, 6) is 0.343. The van der Waals surface area contributed by atoms with Gasteiger partial charge in [0.2, 0.25) is 5.91 Å². The van der Waals surface area contributed by atoms with Crippen molar-refractivity contribution in [3.05, 3.63) is 0 Å². The molecule has 1 aliphatic heterocycles. The van der Waals surface area contributed by atoms with Gasteiger partial charge in [-0.15, -0.1) is 0 Å². The molecule has 2 fully saturated rings. The molecular formula is C17H33N3O2. The Morgan fingerprint density at radius 3 is 2.27 bits per heavy atom. The van der Waals surface area contributed by atoms with Gasteiger partial charge in [-0.1, -0.05) is 6.42 Å². The minimum Gasteiger partial charge on any atom is -0.384 e. The van der Waals surface area contributed by atoms with Gasteiger partial charge in [0.15, 0.2) is 0 Å². The van der Waals surface area contributed by atoms with Gasteiger partial charge >= 0.3 is 0 Å². The lowest BCUT2D eigenvalue weighted by atomic mass is 9.68. The van der Waals surface area contributed by atoms with Crippen LogP contribution in [0.4, 0.5) is 0 Å². The summed E-state index contributed by atoms with van der Waals surface area (Å²) in [5.41, 5.74) is -0.196. The standard InChI is InChI=1S/C17H33N3O2/c1-18(2)12-13-19(3)15-6-10-20(11-7-15)16(21)17(14-22-4)8-5-9-17/h15H,5-14H2,1-4H3. The molecule has 1 saturated carbocycles. The fourth-order valence-electron chi connectivity index (χ4n) is 3.69. The van der Waals surface area contributed by atoms with Crippen LogP contribution >= 0.6 is 0 Å². The van der Waals surface area contributed by atoms with Crippen LogP contribution in [-0.2, 0) is 9.53 Å². The first kappa shape index (κ1) is 17.7. The fourth-order valence-corrected chi connectivity index (χ4v) is 3.69. The topological polar surface area (TPSA) is 36.0 Å². The first-order valence-corrected chi connectivity index (χ1v) is 8.62. The lowest BCUT2D eigenvalue weighted by Gasteiger charge is -2.45. The van der Waals surface area contributed by atoms with E-state index in [4.69, 9.17) is 4.74 Å². The SMILES string of the molecule is COCC1(C(=O)N2CCC(N(C)CCN(C)C)CC2)CCC1. The monoisotopic (exact) mass is 311 g/mol. The Hall–Kier alpha value is -0.650. The van der Waals surface area contributed by atoms with Crippen molar-refractivity contribution >= 4 is 5.91 Å². The molecule has 0 N–H and O–H groups in total. The van der Waals surface area contributed by atoms with Gasteiger partial charge in [0.05, 0.1) is 12.0 Å². The number of hydrogen-bond acceptors (Lipinski definition) is 4. The summed E-state index contributed by atoms with van der Waals surface area (Å²) < 4.78 is 5.31. The summed E-state index contributed by atoms with van der Waals surface area (Å²) in [6.45, 7) is 4.59. The molecule has 2 rings (SSSR count). The minimum absolute atomic E-state index is 0.196. The Morgan fingerprint density at radius 1 is 1.18 bits per heavy atom. The van der Waals surface area contributed by atoms with Crippen molar-refractivity contribution in [3.8, 4) is 0 Å². The molecule has 0 spiro atoms. The lowest BCUT2D eigenvalue weighted by molar-refractivity contribution is -0.153. The molecule has 1 aliphatic carbocycles. The van der Waals surface area contributed by atoms with Crippen molar-refractivity contribution in [2.45, 2.75) is 38.1 Å². The summed E-state index contributed by atoms with van der Waals surface area (Å²) in [6, 6.07) is 0.615. The van der Waals surface area contributed by atoms with E-state index in [9.17, 15) is 4.79 Å². The third-order valence-electron chi connectivity index (χ3n) is 5.46. The maximum atomic E-state index is 12.8. The Balaban J connectivity index is 1.80. The van der Waals surface area contributed by atoms with Gasteiger partial charge < -0.3 is 19.4 Å². The maximum Gasteiger partial charge on any atom is 0.231 e. The van der Waals surface area contributed by atoms with Gasteiger partial charge in [0.25, 0.3) is 0 Å². The third-order valence-corrected chi connectivity index (χ3v) is 5.46. The number of likely N-dealkylation sites (tertiary alicyclic amines) is 1. The van der Waals surface area contributed by atoms with E-state index in [0.717, 1.165) is 51.9 Å². The van der Waals surface area contributed by atoms with Gasteiger partial charge in [0, 0.05) is 39.3 Å². The number of amides is 1. The van der Waals surface area contributed by atoms with E-state index in [1.54, 1.807) is 7.11 Å². The number of nitrogens with zero attached hydrogens (tertiary/aromatic N) is 3. The average Bonchev–Trinajstić information content (AvgIpc) is 2.48. The van der Waals surface area contributed by atoms with Crippen LogP contribution in [0.25, 0.3) is 0 Å². The van der Waals surface area contributed by atoms with Gasteiger partial charge in [0.1, 0.15) is 0 Å². The Kier molecular flexibility index (Phi) is 6.24. The minimum atomic E-state index is -0.196. The molecular weight excluding hydrogens is 278 g/mol. The number of ether oxygens (including phenoxy) is 1. The summed E-state index contributed by atoms with van der Waals surface area (Å²) >= 11 is 0. The molecule has 5 heteroatoms. The Bertz CT molecular complexity index is 361. The van der Waals surface area contributed by atoms with Gasteiger partial charge in [-0.25, -0.2) is 0 Å². The van der Waals surface area contributed by atoms with Crippen LogP contribution in [0.3, 0.4) is 0 Å². The second-order valence-electron chi connectivity index (χ2n) is 7.37. The zero-order chi connectivity index (χ0) is 16.2. The number of hydrogen-bond donors (Lipinski definition) is 0. The van der Waals surface area contributed by atoms with E-state index < -0.39 is 0 Å². The molecule has 0 radical (unpaired) electrons. The highest BCUT2D eigenvalue weighted by atomic mass is 16.5. The molecule has 22 heavy (non-hydrogen) atoms. The predicted molar refractivity (Wildman–Crippen MR) is 88.9 cm³/mol. The highest BCUT2D eigenvalue weighted by Gasteiger charge is 2.46. The molecule has 0 aromatic rings. The van der Waals surface area contributed by atoms with Gasteiger partial charge in [-0.05, 0) is 46.8 Å². The number of carbonyl (C=O) groups excluding carboxylic acids is 1. The highest BCUT2D eigenvalue weighted by molar-refractivity contribution is 5.84. The summed E-state index contributed by atoms with van der Waals surface area (Å²) in [5, 5.41) is 0. The highest BCUT2D eigenvalue weighted by Crippen LogP contribution is 2.43. The molecule has 0 aromatic carbocycles. The largest absolute Gasteiger partial charge is 0.384 e. The second kappa shape index (κ2) is 7.75.